The molecule has 2 aromatic rings. The number of rotatable bonds is 9. The lowest BCUT2D eigenvalue weighted by Gasteiger charge is -2.33. The molecular formula is C26H39N5O3. The molecule has 1 saturated heterocycles. The molecule has 0 spiro atoms. The van der Waals surface area contributed by atoms with Gasteiger partial charge in [-0.2, -0.15) is 0 Å². The number of nitrogens with zero attached hydrogens (tertiary/aromatic N) is 2. The van der Waals surface area contributed by atoms with Gasteiger partial charge < -0.3 is 20.5 Å². The summed E-state index contributed by atoms with van der Waals surface area (Å²) >= 11 is 0. The molecule has 1 aromatic heterocycles. The molecule has 1 fully saturated rings. The number of hydrogen-bond acceptors (Lipinski definition) is 4. The highest BCUT2D eigenvalue weighted by Crippen LogP contribution is 2.21. The third-order valence-electron chi connectivity index (χ3n) is 6.39. The third kappa shape index (κ3) is 7.57. The van der Waals surface area contributed by atoms with Gasteiger partial charge in [0.2, 0.25) is 17.7 Å². The molecule has 1 aliphatic heterocycles. The van der Waals surface area contributed by atoms with Crippen LogP contribution in [0.1, 0.15) is 78.5 Å². The van der Waals surface area contributed by atoms with E-state index in [2.05, 4.69) is 48.3 Å². The normalized spacial score (nSPS) is 17.4. The van der Waals surface area contributed by atoms with Gasteiger partial charge in [0.05, 0.1) is 17.6 Å². The van der Waals surface area contributed by atoms with Gasteiger partial charge in [0.15, 0.2) is 0 Å². The molecule has 8 nitrogen and oxygen atoms in total. The minimum absolute atomic E-state index is 0.0246. The minimum atomic E-state index is -0.763. The van der Waals surface area contributed by atoms with Crippen LogP contribution in [0.5, 0.6) is 0 Å². The molecule has 2 atom stereocenters. The SMILES string of the molecule is C[C@H]1CCCCN1C(=O)CC[C@H](NC(=O)CCC(C)(C)C)C(=O)NCc1nc2ccccc2[nH]1. The Kier molecular flexibility index (Phi) is 8.69. The van der Waals surface area contributed by atoms with Crippen LogP contribution in [-0.2, 0) is 20.9 Å². The first kappa shape index (κ1) is 25.7. The van der Waals surface area contributed by atoms with E-state index in [0.717, 1.165) is 43.3 Å². The van der Waals surface area contributed by atoms with Crippen LogP contribution in [0, 0.1) is 5.41 Å². The Morgan fingerprint density at radius 2 is 1.94 bits per heavy atom. The third-order valence-corrected chi connectivity index (χ3v) is 6.39. The average molecular weight is 470 g/mol. The van der Waals surface area contributed by atoms with E-state index < -0.39 is 6.04 Å². The van der Waals surface area contributed by atoms with Gasteiger partial charge in [-0.1, -0.05) is 32.9 Å². The van der Waals surface area contributed by atoms with Crippen molar-refractivity contribution in [2.24, 2.45) is 5.41 Å². The predicted molar refractivity (Wildman–Crippen MR) is 133 cm³/mol. The van der Waals surface area contributed by atoms with Crippen LogP contribution in [0.4, 0.5) is 0 Å². The molecule has 0 radical (unpaired) electrons. The van der Waals surface area contributed by atoms with E-state index in [0.29, 0.717) is 12.2 Å². The topological polar surface area (TPSA) is 107 Å². The maximum atomic E-state index is 13.0. The summed E-state index contributed by atoms with van der Waals surface area (Å²) in [6.07, 6.45) is 4.73. The molecule has 34 heavy (non-hydrogen) atoms. The molecule has 1 aliphatic rings. The van der Waals surface area contributed by atoms with Gasteiger partial charge in [-0.05, 0) is 56.6 Å². The molecule has 3 N–H and O–H groups in total. The Morgan fingerprint density at radius 3 is 2.65 bits per heavy atom. The van der Waals surface area contributed by atoms with E-state index in [4.69, 9.17) is 0 Å². The van der Waals surface area contributed by atoms with Gasteiger partial charge in [-0.15, -0.1) is 0 Å². The molecule has 8 heteroatoms. The summed E-state index contributed by atoms with van der Waals surface area (Å²) in [4.78, 5) is 48.0. The Morgan fingerprint density at radius 1 is 1.18 bits per heavy atom. The van der Waals surface area contributed by atoms with E-state index in [9.17, 15) is 14.4 Å². The smallest absolute Gasteiger partial charge is 0.242 e. The summed E-state index contributed by atoms with van der Waals surface area (Å²) in [6, 6.07) is 7.13. The lowest BCUT2D eigenvalue weighted by molar-refractivity contribution is -0.135. The molecule has 0 aliphatic carbocycles. The highest BCUT2D eigenvalue weighted by molar-refractivity contribution is 5.88. The Balaban J connectivity index is 1.60. The number of nitrogens with one attached hydrogen (secondary N) is 3. The fourth-order valence-electron chi connectivity index (χ4n) is 4.29. The number of fused-ring (bicyclic) bond motifs is 1. The van der Waals surface area contributed by atoms with E-state index in [1.165, 1.54) is 0 Å². The Bertz CT molecular complexity index is 961. The summed E-state index contributed by atoms with van der Waals surface area (Å²) in [5.74, 6) is 0.221. The first-order valence-electron chi connectivity index (χ1n) is 12.4. The molecule has 2 heterocycles. The maximum Gasteiger partial charge on any atom is 0.242 e. The number of imidazole rings is 1. The van der Waals surface area contributed by atoms with Crippen LogP contribution in [0.15, 0.2) is 24.3 Å². The number of para-hydroxylation sites is 2. The number of H-pyrrole nitrogens is 1. The van der Waals surface area contributed by atoms with Gasteiger partial charge >= 0.3 is 0 Å². The van der Waals surface area contributed by atoms with Crippen molar-refractivity contribution in [1.29, 1.82) is 0 Å². The van der Waals surface area contributed by atoms with Crippen LogP contribution >= 0.6 is 0 Å². The number of aromatic amines is 1. The summed E-state index contributed by atoms with van der Waals surface area (Å²) in [7, 11) is 0. The molecule has 3 amide bonds. The largest absolute Gasteiger partial charge is 0.347 e. The van der Waals surface area contributed by atoms with E-state index in [1.807, 2.05) is 29.2 Å². The zero-order valence-corrected chi connectivity index (χ0v) is 20.9. The number of benzene rings is 1. The average Bonchev–Trinajstić information content (AvgIpc) is 3.21. The van der Waals surface area contributed by atoms with Crippen LogP contribution in [0.2, 0.25) is 0 Å². The number of hydrogen-bond donors (Lipinski definition) is 3. The van der Waals surface area contributed by atoms with Crippen molar-refractivity contribution in [1.82, 2.24) is 25.5 Å². The predicted octanol–water partition coefficient (Wildman–Crippen LogP) is 3.67. The fraction of sp³-hybridized carbons (Fsp3) is 0.615. The van der Waals surface area contributed by atoms with Crippen molar-refractivity contribution in [3.8, 4) is 0 Å². The maximum absolute atomic E-state index is 13.0. The van der Waals surface area contributed by atoms with Crippen LogP contribution in [0.25, 0.3) is 11.0 Å². The summed E-state index contributed by atoms with van der Waals surface area (Å²) in [5, 5.41) is 5.75. The van der Waals surface area contributed by atoms with E-state index >= 15 is 0 Å². The van der Waals surface area contributed by atoms with Crippen molar-refractivity contribution in [2.45, 2.75) is 91.3 Å². The lowest BCUT2D eigenvalue weighted by Crippen LogP contribution is -2.48. The minimum Gasteiger partial charge on any atom is -0.347 e. The number of carbonyl (C=O) groups excluding carboxylic acids is 3. The van der Waals surface area contributed by atoms with Gasteiger partial charge in [-0.3, -0.25) is 14.4 Å². The van der Waals surface area contributed by atoms with Crippen LogP contribution in [-0.4, -0.2) is 51.2 Å². The highest BCUT2D eigenvalue weighted by atomic mass is 16.2. The molecule has 3 rings (SSSR count). The van der Waals surface area contributed by atoms with Gasteiger partial charge in [0, 0.05) is 25.4 Å². The molecule has 0 unspecified atom stereocenters. The van der Waals surface area contributed by atoms with Crippen LogP contribution in [0.3, 0.4) is 0 Å². The molecule has 186 valence electrons. The Hall–Kier alpha value is -2.90. The second-order valence-corrected chi connectivity index (χ2v) is 10.6. The summed E-state index contributed by atoms with van der Waals surface area (Å²) in [5.41, 5.74) is 1.76. The van der Waals surface area contributed by atoms with Crippen molar-refractivity contribution in [3.63, 3.8) is 0 Å². The molecule has 0 bridgehead atoms. The van der Waals surface area contributed by atoms with Gasteiger partial charge in [0.25, 0.3) is 0 Å². The number of amides is 3. The second-order valence-electron chi connectivity index (χ2n) is 10.6. The van der Waals surface area contributed by atoms with Crippen molar-refractivity contribution < 1.29 is 14.4 Å². The zero-order chi connectivity index (χ0) is 24.7. The Labute approximate surface area is 202 Å². The van der Waals surface area contributed by atoms with E-state index in [1.54, 1.807) is 0 Å². The summed E-state index contributed by atoms with van der Waals surface area (Å²) in [6.45, 7) is 9.30. The monoisotopic (exact) mass is 469 g/mol. The first-order chi connectivity index (χ1) is 16.1. The van der Waals surface area contributed by atoms with Gasteiger partial charge in [-0.25, -0.2) is 4.98 Å². The van der Waals surface area contributed by atoms with Crippen molar-refractivity contribution in [2.75, 3.05) is 6.54 Å². The van der Waals surface area contributed by atoms with Crippen molar-refractivity contribution in [3.05, 3.63) is 30.1 Å². The standard InChI is InChI=1S/C26H39N5O3/c1-18-9-7-8-16-31(18)24(33)13-12-21(30-23(32)14-15-26(2,3)4)25(34)27-17-22-28-19-10-5-6-11-20(19)29-22/h5-6,10-11,18,21H,7-9,12-17H2,1-4H3,(H,27,34)(H,28,29)(H,30,32)/t18-,21-/m0/s1. The summed E-state index contributed by atoms with van der Waals surface area (Å²) < 4.78 is 0. The second kappa shape index (κ2) is 11.5. The lowest BCUT2D eigenvalue weighted by atomic mass is 9.90. The molecular weight excluding hydrogens is 430 g/mol. The number of aromatic nitrogens is 2. The van der Waals surface area contributed by atoms with Crippen LogP contribution < -0.4 is 10.6 Å². The first-order valence-corrected chi connectivity index (χ1v) is 12.4. The molecule has 0 saturated carbocycles. The number of likely N-dealkylation sites (tertiary alicyclic amines) is 1. The van der Waals surface area contributed by atoms with E-state index in [-0.39, 0.29) is 48.6 Å². The number of carbonyl (C=O) groups is 3. The fourth-order valence-corrected chi connectivity index (χ4v) is 4.29. The van der Waals surface area contributed by atoms with Crippen molar-refractivity contribution >= 4 is 28.8 Å². The zero-order valence-electron chi connectivity index (χ0n) is 20.9. The quantitative estimate of drug-likeness (QED) is 0.521. The van der Waals surface area contributed by atoms with Gasteiger partial charge in [0.1, 0.15) is 11.9 Å². The molecule has 1 aromatic carbocycles. The number of piperidine rings is 1. The highest BCUT2D eigenvalue weighted by Gasteiger charge is 2.27.